The van der Waals surface area contributed by atoms with Gasteiger partial charge in [-0.2, -0.15) is 5.10 Å². The number of nitrogen functional groups attached to an aromatic ring is 1. The summed E-state index contributed by atoms with van der Waals surface area (Å²) in [6, 6.07) is 0. The van der Waals surface area contributed by atoms with E-state index in [1.165, 1.54) is 10.9 Å². The molecule has 0 radical (unpaired) electrons. The Morgan fingerprint density at radius 2 is 2.00 bits per heavy atom. The molecule has 0 saturated heterocycles. The number of aliphatic hydroxyl groups excluding tert-OH is 2. The number of hydrogen-bond acceptors (Lipinski definition) is 6. The van der Waals surface area contributed by atoms with Gasteiger partial charge in [-0.1, -0.05) is 0 Å². The molecule has 0 saturated carbocycles. The average Bonchev–Trinajstić information content (AvgIpc) is 2.59. The summed E-state index contributed by atoms with van der Waals surface area (Å²) in [5.74, 6) is -0.0609. The van der Waals surface area contributed by atoms with Crippen LogP contribution in [0.5, 0.6) is 0 Å². The minimum absolute atomic E-state index is 0.0960. The number of aliphatic hydroxyl groups is 2. The standard InChI is InChI=1S/C9H17N5O3/c10-7-5-12-14(6-8(11)17)9(7)13(1-3-15)2-4-16/h5,15-16H,1-4,6,10H2,(H2,11,17). The number of amides is 1. The lowest BCUT2D eigenvalue weighted by Gasteiger charge is -2.23. The van der Waals surface area contributed by atoms with Crippen molar-refractivity contribution in [3.05, 3.63) is 6.20 Å². The molecule has 0 spiro atoms. The van der Waals surface area contributed by atoms with Crippen LogP contribution in [0.25, 0.3) is 0 Å². The highest BCUT2D eigenvalue weighted by molar-refractivity contribution is 5.75. The Balaban J connectivity index is 2.98. The lowest BCUT2D eigenvalue weighted by molar-refractivity contribution is -0.118. The Hall–Kier alpha value is -1.80. The van der Waals surface area contributed by atoms with Crippen molar-refractivity contribution in [3.8, 4) is 0 Å². The second-order valence-corrected chi connectivity index (χ2v) is 3.48. The third-order valence-electron chi connectivity index (χ3n) is 2.18. The number of nitrogens with two attached hydrogens (primary N) is 2. The fourth-order valence-corrected chi connectivity index (χ4v) is 1.57. The van der Waals surface area contributed by atoms with Crippen LogP contribution in [0.3, 0.4) is 0 Å². The lowest BCUT2D eigenvalue weighted by Crippen LogP contribution is -2.33. The zero-order valence-electron chi connectivity index (χ0n) is 9.41. The third kappa shape index (κ3) is 3.33. The van der Waals surface area contributed by atoms with Crippen LogP contribution in [0.4, 0.5) is 11.5 Å². The summed E-state index contributed by atoms with van der Waals surface area (Å²) < 4.78 is 1.35. The molecule has 0 bridgehead atoms. The van der Waals surface area contributed by atoms with E-state index >= 15 is 0 Å². The largest absolute Gasteiger partial charge is 0.395 e. The molecule has 1 aromatic heterocycles. The molecule has 0 atom stereocenters. The molecule has 1 rings (SSSR count). The van der Waals surface area contributed by atoms with Crippen molar-refractivity contribution in [2.75, 3.05) is 36.9 Å². The molecule has 8 heteroatoms. The van der Waals surface area contributed by atoms with E-state index in [2.05, 4.69) is 5.10 Å². The van der Waals surface area contributed by atoms with E-state index in [1.54, 1.807) is 4.90 Å². The third-order valence-corrected chi connectivity index (χ3v) is 2.18. The smallest absolute Gasteiger partial charge is 0.239 e. The minimum Gasteiger partial charge on any atom is -0.395 e. The molecule has 96 valence electrons. The van der Waals surface area contributed by atoms with Gasteiger partial charge in [-0.05, 0) is 0 Å². The highest BCUT2D eigenvalue weighted by Gasteiger charge is 2.16. The number of primary amides is 1. The van der Waals surface area contributed by atoms with Crippen molar-refractivity contribution < 1.29 is 15.0 Å². The molecular formula is C9H17N5O3. The first kappa shape index (κ1) is 13.3. The second kappa shape index (κ2) is 6.06. The van der Waals surface area contributed by atoms with Crippen LogP contribution >= 0.6 is 0 Å². The summed E-state index contributed by atoms with van der Waals surface area (Å²) in [4.78, 5) is 12.5. The lowest BCUT2D eigenvalue weighted by atomic mass is 10.4. The molecular weight excluding hydrogens is 226 g/mol. The van der Waals surface area contributed by atoms with Crippen molar-refractivity contribution in [1.82, 2.24) is 9.78 Å². The molecule has 0 aliphatic heterocycles. The van der Waals surface area contributed by atoms with E-state index in [4.69, 9.17) is 21.7 Å². The van der Waals surface area contributed by atoms with E-state index in [0.717, 1.165) is 0 Å². The Labute approximate surface area is 98.4 Å². The first-order valence-corrected chi connectivity index (χ1v) is 5.16. The van der Waals surface area contributed by atoms with Crippen molar-refractivity contribution in [1.29, 1.82) is 0 Å². The molecule has 0 unspecified atom stereocenters. The van der Waals surface area contributed by atoms with Crippen LogP contribution in [0.2, 0.25) is 0 Å². The van der Waals surface area contributed by atoms with E-state index < -0.39 is 5.91 Å². The van der Waals surface area contributed by atoms with E-state index in [0.29, 0.717) is 11.5 Å². The summed E-state index contributed by atoms with van der Waals surface area (Å²) in [6.45, 7) is 0.284. The summed E-state index contributed by atoms with van der Waals surface area (Å²) in [5.41, 5.74) is 11.2. The molecule has 0 aromatic carbocycles. The molecule has 1 aromatic rings. The van der Waals surface area contributed by atoms with Gasteiger partial charge in [-0.3, -0.25) is 4.79 Å². The highest BCUT2D eigenvalue weighted by atomic mass is 16.3. The summed E-state index contributed by atoms with van der Waals surface area (Å²) in [6.07, 6.45) is 1.40. The number of rotatable bonds is 7. The zero-order valence-corrected chi connectivity index (χ0v) is 9.41. The quantitative estimate of drug-likeness (QED) is 0.427. The Morgan fingerprint density at radius 1 is 1.41 bits per heavy atom. The molecule has 17 heavy (non-hydrogen) atoms. The summed E-state index contributed by atoms with van der Waals surface area (Å²) in [5, 5.41) is 21.8. The van der Waals surface area contributed by atoms with Crippen LogP contribution < -0.4 is 16.4 Å². The van der Waals surface area contributed by atoms with Crippen LogP contribution in [-0.2, 0) is 11.3 Å². The molecule has 6 N–H and O–H groups in total. The van der Waals surface area contributed by atoms with Gasteiger partial charge in [0, 0.05) is 13.1 Å². The first-order chi connectivity index (χ1) is 8.10. The number of carbonyl (C=O) groups is 1. The molecule has 8 nitrogen and oxygen atoms in total. The van der Waals surface area contributed by atoms with Crippen molar-refractivity contribution in [3.63, 3.8) is 0 Å². The van der Waals surface area contributed by atoms with E-state index in [1.807, 2.05) is 0 Å². The second-order valence-electron chi connectivity index (χ2n) is 3.48. The van der Waals surface area contributed by atoms with Crippen LogP contribution in [0, 0.1) is 0 Å². The SMILES string of the molecule is NC(=O)Cn1ncc(N)c1N(CCO)CCO. The molecule has 0 aliphatic rings. The van der Waals surface area contributed by atoms with Gasteiger partial charge in [0.15, 0.2) is 5.82 Å². The van der Waals surface area contributed by atoms with Crippen LogP contribution in [-0.4, -0.2) is 52.2 Å². The number of carbonyl (C=O) groups excluding carboxylic acids is 1. The van der Waals surface area contributed by atoms with Gasteiger partial charge in [0.05, 0.1) is 25.1 Å². The van der Waals surface area contributed by atoms with Crippen molar-refractivity contribution in [2.45, 2.75) is 6.54 Å². The van der Waals surface area contributed by atoms with Gasteiger partial charge in [-0.15, -0.1) is 0 Å². The van der Waals surface area contributed by atoms with Crippen molar-refractivity contribution >= 4 is 17.4 Å². The van der Waals surface area contributed by atoms with Crippen LogP contribution in [0.1, 0.15) is 0 Å². The Morgan fingerprint density at radius 3 is 2.47 bits per heavy atom. The first-order valence-electron chi connectivity index (χ1n) is 5.16. The van der Waals surface area contributed by atoms with E-state index in [9.17, 15) is 4.79 Å². The predicted molar refractivity (Wildman–Crippen MR) is 62.2 cm³/mol. The monoisotopic (exact) mass is 243 g/mol. The minimum atomic E-state index is -0.540. The van der Waals surface area contributed by atoms with Gasteiger partial charge in [0.1, 0.15) is 6.54 Å². The van der Waals surface area contributed by atoms with Gasteiger partial charge in [0.2, 0.25) is 5.91 Å². The number of nitrogens with zero attached hydrogens (tertiary/aromatic N) is 3. The Bertz CT molecular complexity index is 373. The van der Waals surface area contributed by atoms with E-state index in [-0.39, 0.29) is 32.8 Å². The normalized spacial score (nSPS) is 10.5. The molecule has 0 fully saturated rings. The number of anilines is 2. The summed E-state index contributed by atoms with van der Waals surface area (Å²) >= 11 is 0. The van der Waals surface area contributed by atoms with Crippen molar-refractivity contribution in [2.24, 2.45) is 5.73 Å². The van der Waals surface area contributed by atoms with Gasteiger partial charge in [-0.25, -0.2) is 4.68 Å². The average molecular weight is 243 g/mol. The highest BCUT2D eigenvalue weighted by Crippen LogP contribution is 2.22. The zero-order chi connectivity index (χ0) is 12.8. The van der Waals surface area contributed by atoms with Gasteiger partial charge in [0.25, 0.3) is 0 Å². The maximum atomic E-state index is 10.9. The maximum absolute atomic E-state index is 10.9. The number of aromatic nitrogens is 2. The molecule has 1 amide bonds. The fourth-order valence-electron chi connectivity index (χ4n) is 1.57. The topological polar surface area (TPSA) is 131 Å². The molecule has 0 aliphatic carbocycles. The maximum Gasteiger partial charge on any atom is 0.239 e. The molecule has 1 heterocycles. The van der Waals surface area contributed by atoms with Gasteiger partial charge >= 0.3 is 0 Å². The fraction of sp³-hybridized carbons (Fsp3) is 0.556. The van der Waals surface area contributed by atoms with Crippen LogP contribution in [0.15, 0.2) is 6.20 Å². The summed E-state index contributed by atoms with van der Waals surface area (Å²) in [7, 11) is 0. The van der Waals surface area contributed by atoms with Gasteiger partial charge < -0.3 is 26.6 Å². The Kier molecular flexibility index (Phi) is 4.73. The predicted octanol–water partition coefficient (Wildman–Crippen LogP) is -2.26. The number of hydrogen-bond donors (Lipinski definition) is 4.